The van der Waals surface area contributed by atoms with Crippen molar-refractivity contribution in [3.05, 3.63) is 23.7 Å². The van der Waals surface area contributed by atoms with Gasteiger partial charge in [-0.2, -0.15) is 10.5 Å². The topological polar surface area (TPSA) is 60.7 Å². The first-order valence-corrected chi connectivity index (χ1v) is 4.67. The van der Waals surface area contributed by atoms with Gasteiger partial charge in [0, 0.05) is 6.08 Å². The Bertz CT molecular complexity index is 390. The first-order chi connectivity index (χ1) is 6.31. The lowest BCUT2D eigenvalue weighted by atomic mass is 10.2. The monoisotopic (exact) mass is 190 g/mol. The molecule has 1 rings (SSSR count). The third-order valence-electron chi connectivity index (χ3n) is 1.39. The number of nitrogens with zero attached hydrogens (tertiary/aromatic N) is 2. The Morgan fingerprint density at radius 2 is 2.23 bits per heavy atom. The first-order valence-electron chi connectivity index (χ1n) is 3.45. The molecule has 0 saturated carbocycles. The third-order valence-corrected chi connectivity index (χ3v) is 2.17. The number of hydrogen-bond donors (Lipinski definition) is 0. The minimum Gasteiger partial charge on any atom is -0.464 e. The molecular formula is C9H6N2OS. The van der Waals surface area contributed by atoms with Gasteiger partial charge in [-0.05, 0) is 12.3 Å². The molecule has 0 aliphatic heterocycles. The number of rotatable bonds is 2. The molecule has 0 unspecified atom stereocenters. The van der Waals surface area contributed by atoms with E-state index < -0.39 is 0 Å². The van der Waals surface area contributed by atoms with Crippen LogP contribution in [0.4, 0.5) is 0 Å². The van der Waals surface area contributed by atoms with Crippen molar-refractivity contribution in [2.45, 2.75) is 4.90 Å². The summed E-state index contributed by atoms with van der Waals surface area (Å²) in [5, 5.41) is 17.0. The molecule has 0 fully saturated rings. The van der Waals surface area contributed by atoms with Crippen molar-refractivity contribution < 1.29 is 4.42 Å². The number of furan rings is 1. The van der Waals surface area contributed by atoms with Crippen molar-refractivity contribution in [2.24, 2.45) is 0 Å². The molecule has 0 aliphatic carbocycles. The molecule has 64 valence electrons. The Morgan fingerprint density at radius 3 is 2.77 bits per heavy atom. The molecule has 0 saturated heterocycles. The zero-order valence-electron chi connectivity index (χ0n) is 6.94. The summed E-state index contributed by atoms with van der Waals surface area (Å²) in [5.74, 6) is 0.561. The summed E-state index contributed by atoms with van der Waals surface area (Å²) in [7, 11) is 0. The van der Waals surface area contributed by atoms with Crippen LogP contribution in [0.15, 0.2) is 27.2 Å². The van der Waals surface area contributed by atoms with E-state index in [1.54, 1.807) is 18.2 Å². The molecule has 0 amide bonds. The minimum atomic E-state index is 0.0465. The fourth-order valence-electron chi connectivity index (χ4n) is 0.804. The van der Waals surface area contributed by atoms with Crippen molar-refractivity contribution in [1.82, 2.24) is 0 Å². The van der Waals surface area contributed by atoms with Gasteiger partial charge in [-0.1, -0.05) is 0 Å². The number of thioether (sulfide) groups is 1. The van der Waals surface area contributed by atoms with Gasteiger partial charge in [0.1, 0.15) is 23.5 Å². The number of nitriles is 2. The van der Waals surface area contributed by atoms with Crippen LogP contribution in [0, 0.1) is 22.7 Å². The summed E-state index contributed by atoms with van der Waals surface area (Å²) < 4.78 is 5.09. The Labute approximate surface area is 80.3 Å². The van der Waals surface area contributed by atoms with E-state index in [0.717, 1.165) is 4.90 Å². The van der Waals surface area contributed by atoms with Crippen LogP contribution in [0.3, 0.4) is 0 Å². The van der Waals surface area contributed by atoms with Gasteiger partial charge in [-0.25, -0.2) is 0 Å². The predicted octanol–water partition coefficient (Wildman–Crippen LogP) is 2.43. The number of allylic oxidation sites excluding steroid dienone is 1. The lowest BCUT2D eigenvalue weighted by Gasteiger charge is -1.90. The zero-order chi connectivity index (χ0) is 9.68. The van der Waals surface area contributed by atoms with Crippen LogP contribution in [-0.4, -0.2) is 6.26 Å². The van der Waals surface area contributed by atoms with Crippen molar-refractivity contribution in [3.8, 4) is 12.1 Å². The Balaban J connectivity index is 3.05. The van der Waals surface area contributed by atoms with E-state index in [0.29, 0.717) is 5.76 Å². The smallest absolute Gasteiger partial charge is 0.142 e. The van der Waals surface area contributed by atoms with Gasteiger partial charge in [-0.3, -0.25) is 0 Å². The van der Waals surface area contributed by atoms with Crippen LogP contribution in [0.2, 0.25) is 0 Å². The van der Waals surface area contributed by atoms with E-state index >= 15 is 0 Å². The molecule has 0 spiro atoms. The standard InChI is InChI=1S/C9H6N2OS/c1-13-9-2-3-12-8(9)4-7(5-10)6-11/h2-4H,1H3. The maximum atomic E-state index is 8.50. The second-order valence-corrected chi connectivity index (χ2v) is 2.98. The van der Waals surface area contributed by atoms with Crippen LogP contribution >= 0.6 is 11.8 Å². The maximum Gasteiger partial charge on any atom is 0.142 e. The average molecular weight is 190 g/mol. The molecular weight excluding hydrogens is 184 g/mol. The van der Waals surface area contributed by atoms with Crippen molar-refractivity contribution in [3.63, 3.8) is 0 Å². The summed E-state index contributed by atoms with van der Waals surface area (Å²) in [6, 6.07) is 5.34. The lowest BCUT2D eigenvalue weighted by Crippen LogP contribution is -1.74. The van der Waals surface area contributed by atoms with Gasteiger partial charge >= 0.3 is 0 Å². The maximum absolute atomic E-state index is 8.50. The highest BCUT2D eigenvalue weighted by atomic mass is 32.2. The van der Waals surface area contributed by atoms with Crippen molar-refractivity contribution >= 4 is 17.8 Å². The van der Waals surface area contributed by atoms with Crippen LogP contribution < -0.4 is 0 Å². The second kappa shape index (κ2) is 4.39. The quantitative estimate of drug-likeness (QED) is 0.530. The molecule has 4 heteroatoms. The molecule has 0 atom stereocenters. The highest BCUT2D eigenvalue weighted by Crippen LogP contribution is 2.23. The highest BCUT2D eigenvalue weighted by molar-refractivity contribution is 7.98. The minimum absolute atomic E-state index is 0.0465. The average Bonchev–Trinajstić information content (AvgIpc) is 2.61. The molecule has 0 bridgehead atoms. The van der Waals surface area contributed by atoms with Gasteiger partial charge in [0.25, 0.3) is 0 Å². The highest BCUT2D eigenvalue weighted by Gasteiger charge is 2.03. The predicted molar refractivity (Wildman–Crippen MR) is 49.7 cm³/mol. The molecule has 0 aromatic carbocycles. The fourth-order valence-corrected chi connectivity index (χ4v) is 1.30. The van der Waals surface area contributed by atoms with Crippen LogP contribution in [0.5, 0.6) is 0 Å². The summed E-state index contributed by atoms with van der Waals surface area (Å²) >= 11 is 1.51. The van der Waals surface area contributed by atoms with Crippen LogP contribution in [-0.2, 0) is 0 Å². The zero-order valence-corrected chi connectivity index (χ0v) is 7.76. The molecule has 1 aromatic heterocycles. The Hall–Kier alpha value is -1.65. The van der Waals surface area contributed by atoms with Gasteiger partial charge in [0.05, 0.1) is 11.2 Å². The SMILES string of the molecule is CSc1ccoc1C=C(C#N)C#N. The molecule has 0 N–H and O–H groups in total. The van der Waals surface area contributed by atoms with Gasteiger partial charge < -0.3 is 4.42 Å². The van der Waals surface area contributed by atoms with Gasteiger partial charge in [0.2, 0.25) is 0 Å². The second-order valence-electron chi connectivity index (χ2n) is 2.13. The van der Waals surface area contributed by atoms with Crippen LogP contribution in [0.1, 0.15) is 5.76 Å². The summed E-state index contributed by atoms with van der Waals surface area (Å²) in [5.41, 5.74) is 0.0465. The normalized spacial score (nSPS) is 8.54. The lowest BCUT2D eigenvalue weighted by molar-refractivity contribution is 0.551. The molecule has 13 heavy (non-hydrogen) atoms. The van der Waals surface area contributed by atoms with E-state index in [-0.39, 0.29) is 5.57 Å². The molecule has 0 aliphatic rings. The van der Waals surface area contributed by atoms with Crippen molar-refractivity contribution in [2.75, 3.05) is 6.26 Å². The molecule has 1 aromatic rings. The van der Waals surface area contributed by atoms with E-state index in [1.807, 2.05) is 6.26 Å². The van der Waals surface area contributed by atoms with Crippen molar-refractivity contribution in [1.29, 1.82) is 10.5 Å². The third kappa shape index (κ3) is 2.14. The Morgan fingerprint density at radius 1 is 1.54 bits per heavy atom. The largest absolute Gasteiger partial charge is 0.464 e. The molecule has 3 nitrogen and oxygen atoms in total. The van der Waals surface area contributed by atoms with Gasteiger partial charge in [0.15, 0.2) is 0 Å². The fraction of sp³-hybridized carbons (Fsp3) is 0.111. The first kappa shape index (κ1) is 9.44. The van der Waals surface area contributed by atoms with E-state index in [1.165, 1.54) is 24.1 Å². The summed E-state index contributed by atoms with van der Waals surface area (Å²) in [6.07, 6.45) is 4.87. The molecule has 1 heterocycles. The Kier molecular flexibility index (Phi) is 3.19. The number of hydrogen-bond acceptors (Lipinski definition) is 4. The van der Waals surface area contributed by atoms with Crippen LogP contribution in [0.25, 0.3) is 6.08 Å². The van der Waals surface area contributed by atoms with E-state index in [2.05, 4.69) is 0 Å². The van der Waals surface area contributed by atoms with E-state index in [4.69, 9.17) is 14.9 Å². The summed E-state index contributed by atoms with van der Waals surface area (Å²) in [6.45, 7) is 0. The van der Waals surface area contributed by atoms with E-state index in [9.17, 15) is 0 Å². The van der Waals surface area contributed by atoms with Gasteiger partial charge in [-0.15, -0.1) is 11.8 Å². The molecule has 0 radical (unpaired) electrons. The summed E-state index contributed by atoms with van der Waals surface area (Å²) in [4.78, 5) is 0.919.